The van der Waals surface area contributed by atoms with Crippen molar-refractivity contribution in [2.45, 2.75) is 55.7 Å². The molecular weight excluding hydrogens is 438 g/mol. The van der Waals surface area contributed by atoms with Gasteiger partial charge >= 0.3 is 0 Å². The zero-order valence-corrected chi connectivity index (χ0v) is 19.2. The van der Waals surface area contributed by atoms with E-state index in [0.29, 0.717) is 30.9 Å². The van der Waals surface area contributed by atoms with Crippen LogP contribution in [0.4, 0.5) is 14.6 Å². The van der Waals surface area contributed by atoms with Gasteiger partial charge in [-0.1, -0.05) is 24.3 Å². The number of halogens is 2. The smallest absolute Gasteiger partial charge is 0.255 e. The molecule has 2 aromatic rings. The van der Waals surface area contributed by atoms with Gasteiger partial charge in [0, 0.05) is 36.3 Å². The molecule has 182 valence electrons. The predicted octanol–water partition coefficient (Wildman–Crippen LogP) is 3.25. The first-order valence-corrected chi connectivity index (χ1v) is 12.1. The summed E-state index contributed by atoms with van der Waals surface area (Å²) >= 11 is 0. The van der Waals surface area contributed by atoms with Crippen molar-refractivity contribution in [1.29, 1.82) is 0 Å². The molecule has 0 spiro atoms. The van der Waals surface area contributed by atoms with Gasteiger partial charge in [-0.25, -0.2) is 13.8 Å². The third-order valence-electron chi connectivity index (χ3n) is 8.03. The summed E-state index contributed by atoms with van der Waals surface area (Å²) in [7, 11) is 0. The van der Waals surface area contributed by atoms with Gasteiger partial charge in [-0.3, -0.25) is 9.69 Å². The van der Waals surface area contributed by atoms with E-state index >= 15 is 0 Å². The number of carbonyl (C=O) groups is 1. The lowest BCUT2D eigenvalue weighted by Gasteiger charge is -2.26. The number of nitrogens with two attached hydrogens (primary N) is 1. The zero-order valence-electron chi connectivity index (χ0n) is 19.2. The highest BCUT2D eigenvalue weighted by molar-refractivity contribution is 5.99. The quantitative estimate of drug-likeness (QED) is 0.578. The van der Waals surface area contributed by atoms with E-state index in [0.717, 1.165) is 36.9 Å². The summed E-state index contributed by atoms with van der Waals surface area (Å²) in [5.74, 6) is 0.397. The molecular formula is C26H32F2N4O2. The van der Waals surface area contributed by atoms with Crippen molar-refractivity contribution >= 4 is 11.7 Å². The number of amides is 1. The van der Waals surface area contributed by atoms with Gasteiger partial charge in [-0.05, 0) is 55.2 Å². The van der Waals surface area contributed by atoms with Crippen LogP contribution in [-0.4, -0.2) is 65.5 Å². The monoisotopic (exact) mass is 470 g/mol. The number of aliphatic hydroxyl groups excluding tert-OH is 1. The minimum Gasteiger partial charge on any atom is -0.393 e. The fraction of sp³-hybridized carbons (Fsp3) is 0.538. The molecule has 2 unspecified atom stereocenters. The Kier molecular flexibility index (Phi) is 6.29. The molecule has 2 aliphatic carbocycles. The Morgan fingerprint density at radius 3 is 2.56 bits per heavy atom. The van der Waals surface area contributed by atoms with Crippen LogP contribution in [-0.2, 0) is 5.41 Å². The van der Waals surface area contributed by atoms with E-state index in [2.05, 4.69) is 22.4 Å². The molecule has 2 atom stereocenters. The predicted molar refractivity (Wildman–Crippen MR) is 127 cm³/mol. The molecule has 3 aliphatic rings. The van der Waals surface area contributed by atoms with Crippen LogP contribution < -0.4 is 11.1 Å². The van der Waals surface area contributed by atoms with Gasteiger partial charge in [-0.2, -0.15) is 0 Å². The van der Waals surface area contributed by atoms with Crippen LogP contribution >= 0.6 is 0 Å². The fourth-order valence-corrected chi connectivity index (χ4v) is 5.78. The Bertz CT molecular complexity index is 1040. The van der Waals surface area contributed by atoms with Crippen LogP contribution in [0.25, 0.3) is 11.1 Å². The van der Waals surface area contributed by atoms with Gasteiger partial charge in [0.05, 0.1) is 17.7 Å². The van der Waals surface area contributed by atoms with Gasteiger partial charge in [0.2, 0.25) is 0 Å². The van der Waals surface area contributed by atoms with Crippen molar-refractivity contribution in [2.75, 3.05) is 32.2 Å². The number of nitrogens with zero attached hydrogens (tertiary/aromatic N) is 2. The molecule has 1 aromatic carbocycles. The maximum atomic E-state index is 13.1. The number of benzene rings is 1. The second-order valence-corrected chi connectivity index (χ2v) is 10.2. The van der Waals surface area contributed by atoms with Crippen molar-refractivity contribution < 1.29 is 18.7 Å². The summed E-state index contributed by atoms with van der Waals surface area (Å²) in [6.45, 7) is 0.143. The summed E-state index contributed by atoms with van der Waals surface area (Å²) < 4.78 is 26.3. The second-order valence-electron chi connectivity index (χ2n) is 10.2. The molecule has 3 fully saturated rings. The second kappa shape index (κ2) is 9.23. The van der Waals surface area contributed by atoms with Gasteiger partial charge in [0.15, 0.2) is 0 Å². The Hall–Kier alpha value is -2.58. The van der Waals surface area contributed by atoms with E-state index in [-0.39, 0.29) is 29.3 Å². The minimum atomic E-state index is -0.652. The number of carbonyl (C=O) groups excluding carboxylic acids is 1. The number of alkyl halides is 2. The number of hydrogen-bond donors (Lipinski definition) is 3. The highest BCUT2D eigenvalue weighted by Crippen LogP contribution is 2.59. The lowest BCUT2D eigenvalue weighted by Crippen LogP contribution is -2.39. The van der Waals surface area contributed by atoms with E-state index < -0.39 is 19.4 Å². The van der Waals surface area contributed by atoms with Crippen LogP contribution in [0.2, 0.25) is 0 Å². The van der Waals surface area contributed by atoms with Crippen LogP contribution in [0.3, 0.4) is 0 Å². The number of hydrogen-bond acceptors (Lipinski definition) is 5. The van der Waals surface area contributed by atoms with Crippen LogP contribution in [0.5, 0.6) is 0 Å². The molecule has 1 saturated heterocycles. The number of aliphatic hydroxyl groups is 1. The average molecular weight is 471 g/mol. The van der Waals surface area contributed by atoms with E-state index in [1.54, 1.807) is 12.3 Å². The van der Waals surface area contributed by atoms with Gasteiger partial charge < -0.3 is 16.2 Å². The lowest BCUT2D eigenvalue weighted by molar-refractivity contribution is 0.0868. The number of nitrogen functional groups attached to an aromatic ring is 1. The van der Waals surface area contributed by atoms with Crippen molar-refractivity contribution in [3.8, 4) is 11.1 Å². The molecule has 2 saturated carbocycles. The molecule has 1 amide bonds. The number of aromatic nitrogens is 1. The van der Waals surface area contributed by atoms with Crippen molar-refractivity contribution in [2.24, 2.45) is 5.92 Å². The SMILES string of the molecule is Nc1ncc(-c2ccc(C34CC3CN(C(CF)CF)C4)cc2)cc1C(=O)NC1CCC(O)CC1. The minimum absolute atomic E-state index is 0.000887. The van der Waals surface area contributed by atoms with E-state index in [9.17, 15) is 18.7 Å². The molecule has 6 nitrogen and oxygen atoms in total. The van der Waals surface area contributed by atoms with Crippen LogP contribution in [0.15, 0.2) is 36.5 Å². The van der Waals surface area contributed by atoms with E-state index in [1.807, 2.05) is 17.0 Å². The molecule has 1 aromatic heterocycles. The maximum absolute atomic E-state index is 13.1. The Morgan fingerprint density at radius 1 is 1.18 bits per heavy atom. The molecule has 5 rings (SSSR count). The van der Waals surface area contributed by atoms with Crippen molar-refractivity contribution in [1.82, 2.24) is 15.2 Å². The molecule has 0 bridgehead atoms. The molecule has 1 aliphatic heterocycles. The normalized spacial score (nSPS) is 28.6. The molecule has 2 heterocycles. The topological polar surface area (TPSA) is 91.5 Å². The number of piperidine rings is 1. The molecule has 0 radical (unpaired) electrons. The number of nitrogens with one attached hydrogen (secondary N) is 1. The van der Waals surface area contributed by atoms with Gasteiger partial charge in [0.1, 0.15) is 19.2 Å². The number of anilines is 1. The third kappa shape index (κ3) is 4.29. The zero-order chi connectivity index (χ0) is 23.9. The first-order chi connectivity index (χ1) is 16.4. The van der Waals surface area contributed by atoms with E-state index in [4.69, 9.17) is 5.73 Å². The van der Waals surface area contributed by atoms with Gasteiger partial charge in [-0.15, -0.1) is 0 Å². The fourth-order valence-electron chi connectivity index (χ4n) is 5.78. The van der Waals surface area contributed by atoms with Crippen molar-refractivity contribution in [3.63, 3.8) is 0 Å². The first-order valence-electron chi connectivity index (χ1n) is 12.1. The standard InChI is InChI=1S/C26H32F2N4O2/c27-11-21(12-28)32-14-19-10-26(19,15-32)18-3-1-16(2-4-18)17-9-23(24(29)30-13-17)25(34)31-20-5-7-22(33)8-6-20/h1-4,9,13,19-22,33H,5-8,10-12,14-15H2,(H2,29,30)(H,31,34). The summed E-state index contributed by atoms with van der Waals surface area (Å²) in [6, 6.07) is 9.37. The highest BCUT2D eigenvalue weighted by Gasteiger charge is 2.61. The highest BCUT2D eigenvalue weighted by atomic mass is 19.1. The third-order valence-corrected chi connectivity index (χ3v) is 8.03. The summed E-state index contributed by atoms with van der Waals surface area (Å²) in [5, 5.41) is 12.7. The van der Waals surface area contributed by atoms with Crippen LogP contribution in [0.1, 0.15) is 48.0 Å². The maximum Gasteiger partial charge on any atom is 0.255 e. The number of rotatable bonds is 7. The average Bonchev–Trinajstić information content (AvgIpc) is 3.42. The molecule has 4 N–H and O–H groups in total. The number of fused-ring (bicyclic) bond motifs is 1. The largest absolute Gasteiger partial charge is 0.393 e. The summed E-state index contributed by atoms with van der Waals surface area (Å²) in [6.07, 6.45) is 5.32. The summed E-state index contributed by atoms with van der Waals surface area (Å²) in [5.41, 5.74) is 9.29. The molecule has 8 heteroatoms. The lowest BCUT2D eigenvalue weighted by atomic mass is 9.92. The van der Waals surface area contributed by atoms with Gasteiger partial charge in [0.25, 0.3) is 5.91 Å². The number of pyridine rings is 1. The first kappa shape index (κ1) is 23.2. The van der Waals surface area contributed by atoms with E-state index in [1.165, 1.54) is 5.56 Å². The van der Waals surface area contributed by atoms with Crippen LogP contribution in [0, 0.1) is 5.92 Å². The Balaban J connectivity index is 1.29. The molecule has 34 heavy (non-hydrogen) atoms. The summed E-state index contributed by atoms with van der Waals surface area (Å²) in [4.78, 5) is 19.1. The Morgan fingerprint density at radius 2 is 1.88 bits per heavy atom. The number of likely N-dealkylation sites (tertiary alicyclic amines) is 1. The van der Waals surface area contributed by atoms with Crippen molar-refractivity contribution in [3.05, 3.63) is 47.7 Å². The Labute approximate surface area is 198 Å².